The lowest BCUT2D eigenvalue weighted by atomic mass is 10.00. The Morgan fingerprint density at radius 2 is 1.40 bits per heavy atom. The zero-order chi connectivity index (χ0) is 15.5. The van der Waals surface area contributed by atoms with Crippen LogP contribution in [0.5, 0.6) is 0 Å². The summed E-state index contributed by atoms with van der Waals surface area (Å²) in [5, 5.41) is 17.7. The summed E-state index contributed by atoms with van der Waals surface area (Å²) in [6.45, 7) is 3.35. The van der Waals surface area contributed by atoms with Crippen molar-refractivity contribution < 1.29 is 24.6 Å². The summed E-state index contributed by atoms with van der Waals surface area (Å²) in [5.74, 6) is -2.84. The smallest absolute Gasteiger partial charge is 0.332 e. The van der Waals surface area contributed by atoms with Gasteiger partial charge < -0.3 is 10.2 Å². The zero-order valence-electron chi connectivity index (χ0n) is 12.3. The number of carboxylic acid groups (broad SMARTS) is 2. The number of hydrogen-bond donors (Lipinski definition) is 2. The minimum absolute atomic E-state index is 0.210. The molecule has 0 fully saturated rings. The lowest BCUT2D eigenvalue weighted by Gasteiger charge is -2.05. The molecule has 0 aromatic rings. The van der Waals surface area contributed by atoms with Crippen LogP contribution in [0.4, 0.5) is 0 Å². The molecule has 0 heterocycles. The molecule has 0 aromatic heterocycles. The third-order valence-corrected chi connectivity index (χ3v) is 3.21. The summed E-state index contributed by atoms with van der Waals surface area (Å²) in [6.07, 6.45) is 6.30. The fraction of sp³-hybridized carbons (Fsp3) is 0.667. The maximum absolute atomic E-state index is 11.7. The van der Waals surface area contributed by atoms with Gasteiger partial charge in [-0.25, -0.2) is 9.59 Å². The van der Waals surface area contributed by atoms with Gasteiger partial charge in [0.25, 0.3) is 0 Å². The van der Waals surface area contributed by atoms with Crippen LogP contribution < -0.4 is 0 Å². The number of carbonyl (C=O) groups excluding carboxylic acids is 1. The van der Waals surface area contributed by atoms with E-state index in [1.165, 1.54) is 19.8 Å². The standard InChI is InChI=1S/C15H24O5/c1-3-4-5-6-7-8-9-12(16)10-13(15(19)20)11(2)14(17)18/h3-10H2,1-2H3,(H,17,18)(H,19,20)/b13-11+. The van der Waals surface area contributed by atoms with Crippen molar-refractivity contribution in [2.75, 3.05) is 0 Å². The van der Waals surface area contributed by atoms with Crippen LogP contribution >= 0.6 is 0 Å². The van der Waals surface area contributed by atoms with Crippen molar-refractivity contribution in [3.05, 3.63) is 11.1 Å². The topological polar surface area (TPSA) is 91.7 Å². The van der Waals surface area contributed by atoms with Gasteiger partial charge in [-0.15, -0.1) is 0 Å². The number of carboxylic acids is 2. The second-order valence-corrected chi connectivity index (χ2v) is 4.95. The third kappa shape index (κ3) is 7.71. The SMILES string of the molecule is CCCCCCCCC(=O)C/C(C(=O)O)=C(/C)C(=O)O. The second-order valence-electron chi connectivity index (χ2n) is 4.95. The molecule has 2 N–H and O–H groups in total. The van der Waals surface area contributed by atoms with E-state index >= 15 is 0 Å². The number of aliphatic carboxylic acids is 2. The van der Waals surface area contributed by atoms with Crippen molar-refractivity contribution >= 4 is 17.7 Å². The summed E-state index contributed by atoms with van der Waals surface area (Å²) in [7, 11) is 0. The minimum atomic E-state index is -1.33. The van der Waals surface area contributed by atoms with Gasteiger partial charge in [0.15, 0.2) is 0 Å². The molecule has 0 aliphatic carbocycles. The number of ketones is 1. The lowest BCUT2D eigenvalue weighted by molar-refractivity contribution is -0.136. The van der Waals surface area contributed by atoms with Gasteiger partial charge in [-0.1, -0.05) is 39.0 Å². The number of Topliss-reactive ketones (excluding diaryl/α,β-unsaturated/α-hetero) is 1. The van der Waals surface area contributed by atoms with Crippen molar-refractivity contribution in [2.24, 2.45) is 0 Å². The molecule has 0 aliphatic heterocycles. The first-order chi connectivity index (χ1) is 9.40. The van der Waals surface area contributed by atoms with E-state index in [0.717, 1.165) is 25.7 Å². The Balaban J connectivity index is 4.20. The normalized spacial score (nSPS) is 11.9. The van der Waals surface area contributed by atoms with E-state index in [1.807, 2.05) is 0 Å². The van der Waals surface area contributed by atoms with E-state index < -0.39 is 11.9 Å². The molecule has 0 spiro atoms. The molecule has 0 unspecified atom stereocenters. The first-order valence-electron chi connectivity index (χ1n) is 7.08. The van der Waals surface area contributed by atoms with E-state index in [9.17, 15) is 14.4 Å². The molecule has 5 nitrogen and oxygen atoms in total. The first kappa shape index (κ1) is 18.4. The van der Waals surface area contributed by atoms with Crippen LogP contribution in [0.3, 0.4) is 0 Å². The van der Waals surface area contributed by atoms with Crippen LogP contribution in [0.2, 0.25) is 0 Å². The zero-order valence-corrected chi connectivity index (χ0v) is 12.3. The lowest BCUT2D eigenvalue weighted by Crippen LogP contribution is -2.13. The molecule has 0 amide bonds. The summed E-state index contributed by atoms with van der Waals surface area (Å²) >= 11 is 0. The number of hydrogen-bond acceptors (Lipinski definition) is 3. The molecule has 0 aliphatic rings. The summed E-state index contributed by atoms with van der Waals surface area (Å²) in [6, 6.07) is 0. The van der Waals surface area contributed by atoms with Crippen molar-refractivity contribution in [2.45, 2.75) is 65.2 Å². The Morgan fingerprint density at radius 1 is 0.850 bits per heavy atom. The Bertz CT molecular complexity index is 382. The maximum atomic E-state index is 11.7. The van der Waals surface area contributed by atoms with Gasteiger partial charge in [-0.2, -0.15) is 0 Å². The van der Waals surface area contributed by atoms with Crippen LogP contribution in [0, 0.1) is 0 Å². The number of carbonyl (C=O) groups is 3. The average Bonchev–Trinajstić information content (AvgIpc) is 2.38. The highest BCUT2D eigenvalue weighted by Crippen LogP contribution is 2.14. The van der Waals surface area contributed by atoms with Crippen LogP contribution in [0.1, 0.15) is 65.2 Å². The van der Waals surface area contributed by atoms with E-state index in [4.69, 9.17) is 10.2 Å². The van der Waals surface area contributed by atoms with E-state index in [0.29, 0.717) is 6.42 Å². The van der Waals surface area contributed by atoms with Gasteiger partial charge in [0, 0.05) is 18.4 Å². The maximum Gasteiger partial charge on any atom is 0.332 e. The molecular weight excluding hydrogens is 260 g/mol. The Kier molecular flexibility index (Phi) is 9.34. The molecular formula is C15H24O5. The van der Waals surface area contributed by atoms with Crippen LogP contribution in [-0.4, -0.2) is 27.9 Å². The fourth-order valence-electron chi connectivity index (χ4n) is 1.89. The first-order valence-corrected chi connectivity index (χ1v) is 7.08. The predicted molar refractivity (Wildman–Crippen MR) is 75.6 cm³/mol. The average molecular weight is 284 g/mol. The quantitative estimate of drug-likeness (QED) is 0.449. The van der Waals surface area contributed by atoms with Crippen molar-refractivity contribution in [1.82, 2.24) is 0 Å². The van der Waals surface area contributed by atoms with Gasteiger partial charge in [-0.3, -0.25) is 4.79 Å². The Hall–Kier alpha value is -1.65. The molecule has 5 heteroatoms. The van der Waals surface area contributed by atoms with Crippen LogP contribution in [-0.2, 0) is 14.4 Å². The molecule has 0 saturated heterocycles. The predicted octanol–water partition coefficient (Wildman–Crippen LogP) is 3.18. The molecule has 20 heavy (non-hydrogen) atoms. The van der Waals surface area contributed by atoms with E-state index in [2.05, 4.69) is 6.92 Å². The second kappa shape index (κ2) is 10.2. The largest absolute Gasteiger partial charge is 0.478 e. The molecule has 0 bridgehead atoms. The molecule has 0 aromatic carbocycles. The third-order valence-electron chi connectivity index (χ3n) is 3.21. The van der Waals surface area contributed by atoms with Gasteiger partial charge >= 0.3 is 11.9 Å². The highest BCUT2D eigenvalue weighted by molar-refractivity contribution is 6.02. The van der Waals surface area contributed by atoms with Gasteiger partial charge in [-0.05, 0) is 13.3 Å². The molecule has 0 rings (SSSR count). The summed E-state index contributed by atoms with van der Waals surface area (Å²) in [4.78, 5) is 33.4. The van der Waals surface area contributed by atoms with Crippen LogP contribution in [0.15, 0.2) is 11.1 Å². The molecule has 0 atom stereocenters. The molecule has 114 valence electrons. The Labute approximate surface area is 119 Å². The summed E-state index contributed by atoms with van der Waals surface area (Å²) < 4.78 is 0. The number of rotatable bonds is 11. The minimum Gasteiger partial charge on any atom is -0.478 e. The number of unbranched alkanes of at least 4 members (excludes halogenated alkanes) is 5. The van der Waals surface area contributed by atoms with E-state index in [1.54, 1.807) is 0 Å². The Morgan fingerprint density at radius 3 is 1.90 bits per heavy atom. The van der Waals surface area contributed by atoms with Crippen LogP contribution in [0.25, 0.3) is 0 Å². The monoisotopic (exact) mass is 284 g/mol. The van der Waals surface area contributed by atoms with Crippen molar-refractivity contribution in [3.8, 4) is 0 Å². The highest BCUT2D eigenvalue weighted by atomic mass is 16.4. The summed E-state index contributed by atoms with van der Waals surface area (Å²) in [5.41, 5.74) is -0.581. The molecule has 0 radical (unpaired) electrons. The van der Waals surface area contributed by atoms with Gasteiger partial charge in [0.2, 0.25) is 0 Å². The highest BCUT2D eigenvalue weighted by Gasteiger charge is 2.19. The fourth-order valence-corrected chi connectivity index (χ4v) is 1.89. The van der Waals surface area contributed by atoms with Gasteiger partial charge in [0.05, 0.1) is 5.57 Å². The van der Waals surface area contributed by atoms with Crippen molar-refractivity contribution in [3.63, 3.8) is 0 Å². The van der Waals surface area contributed by atoms with E-state index in [-0.39, 0.29) is 23.4 Å². The van der Waals surface area contributed by atoms with Crippen molar-refractivity contribution in [1.29, 1.82) is 0 Å². The molecule has 0 saturated carbocycles. The van der Waals surface area contributed by atoms with Gasteiger partial charge in [0.1, 0.15) is 5.78 Å².